The summed E-state index contributed by atoms with van der Waals surface area (Å²) in [4.78, 5) is 22.4. The lowest BCUT2D eigenvalue weighted by Crippen LogP contribution is -2.15. The number of hydrogen-bond acceptors (Lipinski definition) is 4. The highest BCUT2D eigenvalue weighted by atomic mass is 19.2. The van der Waals surface area contributed by atoms with E-state index in [-0.39, 0.29) is 22.8 Å². The number of primary amides is 1. The third kappa shape index (κ3) is 2.61. The number of fused-ring (bicyclic) bond motifs is 3. The second-order valence-electron chi connectivity index (χ2n) is 6.27. The van der Waals surface area contributed by atoms with Crippen molar-refractivity contribution in [3.8, 4) is 16.9 Å². The molecular weight excluding hydrogens is 377 g/mol. The van der Waals surface area contributed by atoms with Crippen LogP contribution in [-0.4, -0.2) is 20.6 Å². The largest absolute Gasteiger partial charge is 0.364 e. The molecule has 0 bridgehead atoms. The molecule has 0 saturated heterocycles. The molecule has 0 spiro atoms. The number of hydrogen-bond donors (Lipinski definition) is 1. The van der Waals surface area contributed by atoms with Crippen LogP contribution in [0.25, 0.3) is 16.9 Å². The van der Waals surface area contributed by atoms with Crippen LogP contribution in [0.4, 0.5) is 18.9 Å². The van der Waals surface area contributed by atoms with Gasteiger partial charge in [-0.05, 0) is 18.4 Å². The monoisotopic (exact) mass is 388 g/mol. The summed E-state index contributed by atoms with van der Waals surface area (Å²) in [7, 11) is 0. The summed E-state index contributed by atoms with van der Waals surface area (Å²) in [5.41, 5.74) is 6.67. The lowest BCUT2D eigenvalue weighted by molar-refractivity contribution is -0.384. The minimum atomic E-state index is -1.64. The molecule has 1 heterocycles. The molecule has 1 aliphatic carbocycles. The van der Waals surface area contributed by atoms with E-state index < -0.39 is 28.3 Å². The standard InChI is InChI=1S/C18H11F3N4O3/c19-13-6-10(7-14(20)15(13)21)24-17-11(16(23-24)18(22)26)4-2-8-1-3-9(25(27)28)5-12(8)17/h1,3,5-7H,2,4H2,(H2,22,26). The molecule has 2 aromatic carbocycles. The van der Waals surface area contributed by atoms with Gasteiger partial charge in [0.1, 0.15) is 0 Å². The molecule has 142 valence electrons. The molecule has 3 aromatic rings. The zero-order valence-electron chi connectivity index (χ0n) is 14.1. The fraction of sp³-hybridized carbons (Fsp3) is 0.111. The first kappa shape index (κ1) is 17.7. The number of nitro groups is 1. The molecule has 0 radical (unpaired) electrons. The van der Waals surface area contributed by atoms with Gasteiger partial charge < -0.3 is 5.73 Å². The lowest BCUT2D eigenvalue weighted by Gasteiger charge is -2.18. The summed E-state index contributed by atoms with van der Waals surface area (Å²) in [6.07, 6.45) is 0.822. The molecule has 1 aliphatic rings. The predicted octanol–water partition coefficient (Wildman–Crippen LogP) is 3.06. The maximum atomic E-state index is 13.8. The Kier molecular flexibility index (Phi) is 3.91. The van der Waals surface area contributed by atoms with Crippen LogP contribution in [0.1, 0.15) is 21.6 Å². The SMILES string of the molecule is NC(=O)c1nn(-c2cc(F)c(F)c(F)c2)c2c1CCc1ccc([N+](=O)[O-])cc1-2. The molecule has 4 rings (SSSR count). The highest BCUT2D eigenvalue weighted by Gasteiger charge is 2.30. The van der Waals surface area contributed by atoms with Crippen molar-refractivity contribution in [2.24, 2.45) is 5.73 Å². The van der Waals surface area contributed by atoms with Gasteiger partial charge in [-0.1, -0.05) is 6.07 Å². The molecule has 1 aromatic heterocycles. The number of nitrogens with two attached hydrogens (primary N) is 1. The van der Waals surface area contributed by atoms with E-state index in [1.165, 1.54) is 12.1 Å². The number of nitro benzene ring substituents is 1. The Morgan fingerprint density at radius 2 is 1.82 bits per heavy atom. The quantitative estimate of drug-likeness (QED) is 0.423. The Morgan fingerprint density at radius 1 is 1.14 bits per heavy atom. The molecule has 1 amide bonds. The van der Waals surface area contributed by atoms with E-state index in [1.54, 1.807) is 6.07 Å². The van der Waals surface area contributed by atoms with Crippen molar-refractivity contribution in [2.75, 3.05) is 0 Å². The number of aryl methyl sites for hydroxylation is 1. The summed E-state index contributed by atoms with van der Waals surface area (Å²) in [6.45, 7) is 0. The number of nitrogens with zero attached hydrogens (tertiary/aromatic N) is 3. The van der Waals surface area contributed by atoms with Gasteiger partial charge in [0.05, 0.1) is 16.3 Å². The molecule has 2 N–H and O–H groups in total. The minimum Gasteiger partial charge on any atom is -0.364 e. The number of benzene rings is 2. The molecule has 7 nitrogen and oxygen atoms in total. The van der Waals surface area contributed by atoms with Crippen LogP contribution in [0.15, 0.2) is 30.3 Å². The number of carbonyl (C=O) groups is 1. The average molecular weight is 388 g/mol. The molecular formula is C18H11F3N4O3. The fourth-order valence-corrected chi connectivity index (χ4v) is 3.39. The van der Waals surface area contributed by atoms with Crippen molar-refractivity contribution in [1.82, 2.24) is 9.78 Å². The van der Waals surface area contributed by atoms with Crippen LogP contribution in [0.5, 0.6) is 0 Å². The average Bonchev–Trinajstić information content (AvgIpc) is 3.05. The highest BCUT2D eigenvalue weighted by molar-refractivity contribution is 5.95. The zero-order valence-corrected chi connectivity index (χ0v) is 14.1. The van der Waals surface area contributed by atoms with Gasteiger partial charge in [0, 0.05) is 35.4 Å². The van der Waals surface area contributed by atoms with Crippen molar-refractivity contribution in [1.29, 1.82) is 0 Å². The first-order valence-electron chi connectivity index (χ1n) is 8.12. The number of rotatable bonds is 3. The summed E-state index contributed by atoms with van der Waals surface area (Å²) in [5, 5.41) is 15.2. The molecule has 28 heavy (non-hydrogen) atoms. The summed E-state index contributed by atoms with van der Waals surface area (Å²) in [6, 6.07) is 5.66. The van der Waals surface area contributed by atoms with Gasteiger partial charge in [-0.3, -0.25) is 14.9 Å². The van der Waals surface area contributed by atoms with Gasteiger partial charge in [-0.2, -0.15) is 5.10 Å². The highest BCUT2D eigenvalue weighted by Crippen LogP contribution is 2.39. The smallest absolute Gasteiger partial charge is 0.270 e. The molecule has 0 atom stereocenters. The Labute approximate surface area is 155 Å². The predicted molar refractivity (Wildman–Crippen MR) is 91.5 cm³/mol. The second-order valence-corrected chi connectivity index (χ2v) is 6.27. The third-order valence-corrected chi connectivity index (χ3v) is 4.63. The molecule has 0 fully saturated rings. The van der Waals surface area contributed by atoms with Crippen LogP contribution in [0, 0.1) is 27.6 Å². The first-order chi connectivity index (χ1) is 13.3. The van der Waals surface area contributed by atoms with E-state index in [0.29, 0.717) is 24.0 Å². The molecule has 0 aliphatic heterocycles. The summed E-state index contributed by atoms with van der Waals surface area (Å²) >= 11 is 0. The van der Waals surface area contributed by atoms with Crippen LogP contribution in [-0.2, 0) is 12.8 Å². The maximum absolute atomic E-state index is 13.8. The normalized spacial score (nSPS) is 12.4. The van der Waals surface area contributed by atoms with E-state index in [0.717, 1.165) is 22.4 Å². The number of aromatic nitrogens is 2. The van der Waals surface area contributed by atoms with Gasteiger partial charge in [0.25, 0.3) is 11.6 Å². The first-order valence-corrected chi connectivity index (χ1v) is 8.12. The van der Waals surface area contributed by atoms with Crippen LogP contribution in [0.3, 0.4) is 0 Å². The van der Waals surface area contributed by atoms with Crippen LogP contribution >= 0.6 is 0 Å². The number of halogens is 3. The number of carbonyl (C=O) groups excluding carboxylic acids is 1. The van der Waals surface area contributed by atoms with E-state index >= 15 is 0 Å². The van der Waals surface area contributed by atoms with Crippen molar-refractivity contribution in [3.05, 3.63) is 74.7 Å². The van der Waals surface area contributed by atoms with Gasteiger partial charge >= 0.3 is 0 Å². The Hall–Kier alpha value is -3.69. The van der Waals surface area contributed by atoms with Crippen LogP contribution < -0.4 is 5.73 Å². The summed E-state index contributed by atoms with van der Waals surface area (Å²) in [5.74, 6) is -5.37. The zero-order chi connectivity index (χ0) is 20.2. The summed E-state index contributed by atoms with van der Waals surface area (Å²) < 4.78 is 41.9. The topological polar surface area (TPSA) is 104 Å². The molecule has 10 heteroatoms. The lowest BCUT2D eigenvalue weighted by atomic mass is 9.88. The van der Waals surface area contributed by atoms with E-state index in [1.807, 2.05) is 0 Å². The Balaban J connectivity index is 2.04. The van der Waals surface area contributed by atoms with Crippen molar-refractivity contribution >= 4 is 11.6 Å². The van der Waals surface area contributed by atoms with Gasteiger partial charge in [0.2, 0.25) is 0 Å². The number of amides is 1. The fourth-order valence-electron chi connectivity index (χ4n) is 3.39. The van der Waals surface area contributed by atoms with Crippen molar-refractivity contribution in [3.63, 3.8) is 0 Å². The van der Waals surface area contributed by atoms with Gasteiger partial charge in [0.15, 0.2) is 23.1 Å². The maximum Gasteiger partial charge on any atom is 0.270 e. The van der Waals surface area contributed by atoms with E-state index in [2.05, 4.69) is 5.10 Å². The molecule has 0 saturated carbocycles. The molecule has 0 unspecified atom stereocenters. The van der Waals surface area contributed by atoms with Gasteiger partial charge in [-0.15, -0.1) is 0 Å². The minimum absolute atomic E-state index is 0.114. The van der Waals surface area contributed by atoms with E-state index in [4.69, 9.17) is 5.73 Å². The Morgan fingerprint density at radius 3 is 2.43 bits per heavy atom. The second kappa shape index (κ2) is 6.19. The van der Waals surface area contributed by atoms with Crippen molar-refractivity contribution < 1.29 is 22.9 Å². The third-order valence-electron chi connectivity index (χ3n) is 4.63. The van der Waals surface area contributed by atoms with E-state index in [9.17, 15) is 28.1 Å². The van der Waals surface area contributed by atoms with Crippen molar-refractivity contribution in [2.45, 2.75) is 12.8 Å². The Bertz CT molecular complexity index is 1150. The van der Waals surface area contributed by atoms with Gasteiger partial charge in [-0.25, -0.2) is 17.9 Å². The van der Waals surface area contributed by atoms with Crippen LogP contribution in [0.2, 0.25) is 0 Å². The number of non-ortho nitro benzene ring substituents is 1.